The number of rotatable bonds is 4. The Morgan fingerprint density at radius 2 is 2.00 bits per heavy atom. The molecule has 1 amide bonds. The van der Waals surface area contributed by atoms with Crippen LogP contribution in [0.4, 0.5) is 5.69 Å². The molecule has 2 heterocycles. The van der Waals surface area contributed by atoms with Crippen LogP contribution in [0.5, 0.6) is 0 Å². The molecule has 0 unspecified atom stereocenters. The summed E-state index contributed by atoms with van der Waals surface area (Å²) in [6.45, 7) is 0.513. The van der Waals surface area contributed by atoms with Gasteiger partial charge in [-0.2, -0.15) is 11.3 Å². The molecule has 22 heavy (non-hydrogen) atoms. The number of carbonyl (C=O) groups excluding carboxylic acids is 1. The Bertz CT molecular complexity index is 759. The van der Waals surface area contributed by atoms with Crippen molar-refractivity contribution in [2.24, 2.45) is 0 Å². The summed E-state index contributed by atoms with van der Waals surface area (Å²) in [6, 6.07) is 12.7. The van der Waals surface area contributed by atoms with Crippen molar-refractivity contribution in [2.75, 3.05) is 4.90 Å². The van der Waals surface area contributed by atoms with Crippen molar-refractivity contribution in [3.8, 4) is 0 Å². The maximum atomic E-state index is 12.9. The smallest absolute Gasteiger partial charge is 0.258 e. The molecule has 5 heteroatoms. The van der Waals surface area contributed by atoms with Crippen LogP contribution in [0.1, 0.15) is 15.9 Å². The van der Waals surface area contributed by atoms with Crippen LogP contribution in [0.15, 0.2) is 65.6 Å². The van der Waals surface area contributed by atoms with Crippen LogP contribution < -0.4 is 4.90 Å². The zero-order chi connectivity index (χ0) is 15.4. The van der Waals surface area contributed by atoms with Gasteiger partial charge in [-0.25, -0.2) is 0 Å². The molecular weight excluding hydrogens is 316 g/mol. The average Bonchev–Trinajstić information content (AvgIpc) is 3.06. The highest BCUT2D eigenvalue weighted by Gasteiger charge is 2.18. The van der Waals surface area contributed by atoms with Gasteiger partial charge >= 0.3 is 0 Å². The van der Waals surface area contributed by atoms with Crippen molar-refractivity contribution in [1.29, 1.82) is 0 Å². The van der Waals surface area contributed by atoms with Crippen LogP contribution >= 0.6 is 22.9 Å². The Labute approximate surface area is 137 Å². The van der Waals surface area contributed by atoms with Crippen LogP contribution in [-0.2, 0) is 6.54 Å². The molecule has 3 rings (SSSR count). The molecule has 0 radical (unpaired) electrons. The molecule has 2 aromatic heterocycles. The summed E-state index contributed by atoms with van der Waals surface area (Å²) in [6.07, 6.45) is 3.36. The molecule has 0 aliphatic carbocycles. The molecule has 0 aliphatic rings. The maximum Gasteiger partial charge on any atom is 0.258 e. The van der Waals surface area contributed by atoms with Crippen LogP contribution in [0, 0.1) is 0 Å². The normalized spacial score (nSPS) is 10.4. The SMILES string of the molecule is O=C(c1cccc(Cl)c1)N(Cc1ccsc1)c1ccncc1. The lowest BCUT2D eigenvalue weighted by molar-refractivity contribution is 0.0985. The van der Waals surface area contributed by atoms with E-state index >= 15 is 0 Å². The number of halogens is 1. The van der Waals surface area contributed by atoms with E-state index in [1.54, 1.807) is 52.9 Å². The minimum Gasteiger partial charge on any atom is -0.304 e. The van der Waals surface area contributed by atoms with E-state index in [2.05, 4.69) is 4.98 Å². The Hall–Kier alpha value is -2.17. The standard InChI is InChI=1S/C17H13ClN2OS/c18-15-3-1-2-14(10-15)17(21)20(11-13-6-9-22-12-13)16-4-7-19-8-5-16/h1-10,12H,11H2. The van der Waals surface area contributed by atoms with E-state index in [0.29, 0.717) is 17.1 Å². The quantitative estimate of drug-likeness (QED) is 0.698. The lowest BCUT2D eigenvalue weighted by Crippen LogP contribution is -2.30. The third kappa shape index (κ3) is 3.35. The number of benzene rings is 1. The number of amides is 1. The topological polar surface area (TPSA) is 33.2 Å². The number of nitrogens with zero attached hydrogens (tertiary/aromatic N) is 2. The first-order valence-electron chi connectivity index (χ1n) is 6.72. The first kappa shape index (κ1) is 14.8. The molecule has 1 aromatic carbocycles. The largest absolute Gasteiger partial charge is 0.304 e. The van der Waals surface area contributed by atoms with E-state index in [1.807, 2.05) is 29.0 Å². The molecular formula is C17H13ClN2OS. The van der Waals surface area contributed by atoms with Gasteiger partial charge in [0, 0.05) is 28.7 Å². The minimum atomic E-state index is -0.0834. The van der Waals surface area contributed by atoms with Gasteiger partial charge in [-0.15, -0.1) is 0 Å². The fraction of sp³-hybridized carbons (Fsp3) is 0.0588. The summed E-state index contributed by atoms with van der Waals surface area (Å²) in [5, 5.41) is 4.60. The maximum absolute atomic E-state index is 12.9. The van der Waals surface area contributed by atoms with Crippen molar-refractivity contribution < 1.29 is 4.79 Å². The molecule has 0 N–H and O–H groups in total. The third-order valence-corrected chi connectivity index (χ3v) is 4.18. The number of hydrogen-bond acceptors (Lipinski definition) is 3. The highest BCUT2D eigenvalue weighted by atomic mass is 35.5. The van der Waals surface area contributed by atoms with Gasteiger partial charge in [0.15, 0.2) is 0 Å². The summed E-state index contributed by atoms with van der Waals surface area (Å²) in [5.74, 6) is -0.0834. The van der Waals surface area contributed by atoms with E-state index in [-0.39, 0.29) is 5.91 Å². The summed E-state index contributed by atoms with van der Waals surface area (Å²) >= 11 is 7.62. The molecule has 0 atom stereocenters. The van der Waals surface area contributed by atoms with Gasteiger partial charge in [0.1, 0.15) is 0 Å². The summed E-state index contributed by atoms with van der Waals surface area (Å²) in [5.41, 5.74) is 2.47. The monoisotopic (exact) mass is 328 g/mol. The van der Waals surface area contributed by atoms with Crippen molar-refractivity contribution in [1.82, 2.24) is 4.98 Å². The highest BCUT2D eigenvalue weighted by molar-refractivity contribution is 7.07. The van der Waals surface area contributed by atoms with Crippen LogP contribution in [-0.4, -0.2) is 10.9 Å². The minimum absolute atomic E-state index is 0.0834. The van der Waals surface area contributed by atoms with E-state index in [0.717, 1.165) is 11.3 Å². The molecule has 0 saturated carbocycles. The Morgan fingerprint density at radius 1 is 1.18 bits per heavy atom. The lowest BCUT2D eigenvalue weighted by atomic mass is 10.1. The van der Waals surface area contributed by atoms with E-state index < -0.39 is 0 Å². The Kier molecular flexibility index (Phi) is 4.51. The fourth-order valence-corrected chi connectivity index (χ4v) is 3.00. The highest BCUT2D eigenvalue weighted by Crippen LogP contribution is 2.21. The molecule has 0 spiro atoms. The van der Waals surface area contributed by atoms with Crippen molar-refractivity contribution >= 4 is 34.5 Å². The van der Waals surface area contributed by atoms with Crippen LogP contribution in [0.25, 0.3) is 0 Å². The zero-order valence-electron chi connectivity index (χ0n) is 11.6. The second-order valence-electron chi connectivity index (χ2n) is 4.74. The summed E-state index contributed by atoms with van der Waals surface area (Å²) in [4.78, 5) is 18.6. The molecule has 3 nitrogen and oxygen atoms in total. The summed E-state index contributed by atoms with van der Waals surface area (Å²) in [7, 11) is 0. The van der Waals surface area contributed by atoms with Crippen molar-refractivity contribution in [3.63, 3.8) is 0 Å². The first-order valence-corrected chi connectivity index (χ1v) is 8.04. The lowest BCUT2D eigenvalue weighted by Gasteiger charge is -2.22. The van der Waals surface area contributed by atoms with Crippen molar-refractivity contribution in [3.05, 3.63) is 81.8 Å². The number of hydrogen-bond donors (Lipinski definition) is 0. The number of thiophene rings is 1. The Morgan fingerprint density at radius 3 is 2.68 bits per heavy atom. The Balaban J connectivity index is 1.96. The average molecular weight is 329 g/mol. The molecule has 0 aliphatic heterocycles. The zero-order valence-corrected chi connectivity index (χ0v) is 13.2. The van der Waals surface area contributed by atoms with Crippen molar-refractivity contribution in [2.45, 2.75) is 6.54 Å². The van der Waals surface area contributed by atoms with Gasteiger partial charge in [0.2, 0.25) is 0 Å². The number of aromatic nitrogens is 1. The van der Waals surface area contributed by atoms with Crippen LogP contribution in [0.3, 0.4) is 0 Å². The van der Waals surface area contributed by atoms with Crippen LogP contribution in [0.2, 0.25) is 5.02 Å². The predicted octanol–water partition coefficient (Wildman–Crippen LogP) is 4.64. The van der Waals surface area contributed by atoms with Gasteiger partial charge in [-0.1, -0.05) is 17.7 Å². The van der Waals surface area contributed by atoms with E-state index in [4.69, 9.17) is 11.6 Å². The molecule has 3 aromatic rings. The van der Waals surface area contributed by atoms with E-state index in [9.17, 15) is 4.79 Å². The molecule has 0 fully saturated rings. The van der Waals surface area contributed by atoms with Gasteiger partial charge in [0.25, 0.3) is 5.91 Å². The second kappa shape index (κ2) is 6.73. The van der Waals surface area contributed by atoms with E-state index in [1.165, 1.54) is 0 Å². The number of pyridine rings is 1. The third-order valence-electron chi connectivity index (χ3n) is 3.21. The predicted molar refractivity (Wildman–Crippen MR) is 90.5 cm³/mol. The molecule has 0 bridgehead atoms. The first-order chi connectivity index (χ1) is 10.7. The molecule has 0 saturated heterocycles. The fourth-order valence-electron chi connectivity index (χ4n) is 2.15. The number of anilines is 1. The molecule has 110 valence electrons. The number of carbonyl (C=O) groups is 1. The van der Waals surface area contributed by atoms with Gasteiger partial charge in [-0.3, -0.25) is 9.78 Å². The van der Waals surface area contributed by atoms with Gasteiger partial charge in [0.05, 0.1) is 6.54 Å². The second-order valence-corrected chi connectivity index (χ2v) is 5.96. The van der Waals surface area contributed by atoms with Gasteiger partial charge < -0.3 is 4.90 Å². The van der Waals surface area contributed by atoms with Gasteiger partial charge in [-0.05, 0) is 52.7 Å². The summed E-state index contributed by atoms with van der Waals surface area (Å²) < 4.78 is 0.